The minimum atomic E-state index is -0.900. The Morgan fingerprint density at radius 1 is 1.28 bits per heavy atom. The maximum Gasteiger partial charge on any atom is 0.303 e. The van der Waals surface area contributed by atoms with Gasteiger partial charge in [-0.05, 0) is 18.8 Å². The van der Waals surface area contributed by atoms with Crippen LogP contribution in [0.1, 0.15) is 40.0 Å². The zero-order valence-corrected chi connectivity index (χ0v) is 11.1. The van der Waals surface area contributed by atoms with Crippen molar-refractivity contribution in [3.63, 3.8) is 0 Å². The maximum atomic E-state index is 11.7. The lowest BCUT2D eigenvalue weighted by molar-refractivity contribution is -0.154. The van der Waals surface area contributed by atoms with E-state index in [2.05, 4.69) is 5.32 Å². The van der Waals surface area contributed by atoms with Gasteiger partial charge in [0.05, 0.1) is 0 Å². The number of hydrogen-bond donors (Lipinski definition) is 2. The minimum absolute atomic E-state index is 0.00267. The molecule has 0 fully saturated rings. The van der Waals surface area contributed by atoms with Crippen molar-refractivity contribution in [3.05, 3.63) is 0 Å². The molecule has 104 valence electrons. The first-order valence-corrected chi connectivity index (χ1v) is 5.99. The third-order valence-electron chi connectivity index (χ3n) is 2.15. The Hall–Kier alpha value is -1.59. The van der Waals surface area contributed by atoms with E-state index in [1.165, 1.54) is 6.92 Å². The summed E-state index contributed by atoms with van der Waals surface area (Å²) in [6.45, 7) is 5.37. The highest BCUT2D eigenvalue weighted by Gasteiger charge is 2.22. The van der Waals surface area contributed by atoms with Gasteiger partial charge in [0.25, 0.3) is 5.91 Å². The molecule has 0 rings (SSSR count). The van der Waals surface area contributed by atoms with Crippen LogP contribution in [0, 0.1) is 5.92 Å². The average molecular weight is 259 g/mol. The maximum absolute atomic E-state index is 11.7. The van der Waals surface area contributed by atoms with Crippen molar-refractivity contribution in [2.75, 3.05) is 6.54 Å². The molecule has 0 saturated carbocycles. The number of amides is 1. The first-order chi connectivity index (χ1) is 8.32. The molecule has 0 heterocycles. The summed E-state index contributed by atoms with van der Waals surface area (Å²) in [6.07, 6.45) is 0.00934. The summed E-state index contributed by atoms with van der Waals surface area (Å²) in [4.78, 5) is 32.9. The molecule has 0 aromatic rings. The van der Waals surface area contributed by atoms with E-state index < -0.39 is 18.0 Å². The predicted molar refractivity (Wildman–Crippen MR) is 64.9 cm³/mol. The minimum Gasteiger partial charge on any atom is -0.481 e. The summed E-state index contributed by atoms with van der Waals surface area (Å²) in [5, 5.41) is 11.0. The molecule has 0 saturated heterocycles. The molecule has 0 unspecified atom stereocenters. The van der Waals surface area contributed by atoms with Crippen molar-refractivity contribution in [2.45, 2.75) is 46.1 Å². The van der Waals surface area contributed by atoms with Crippen LogP contribution in [-0.2, 0) is 19.1 Å². The van der Waals surface area contributed by atoms with Crippen molar-refractivity contribution in [1.29, 1.82) is 0 Å². The van der Waals surface area contributed by atoms with Crippen molar-refractivity contribution in [2.24, 2.45) is 5.92 Å². The lowest BCUT2D eigenvalue weighted by Crippen LogP contribution is -2.38. The number of nitrogens with one attached hydrogen (secondary N) is 1. The van der Waals surface area contributed by atoms with Crippen molar-refractivity contribution >= 4 is 17.8 Å². The molecule has 2 N–H and O–H groups in total. The Morgan fingerprint density at radius 2 is 1.89 bits per heavy atom. The van der Waals surface area contributed by atoms with E-state index in [1.54, 1.807) is 0 Å². The highest BCUT2D eigenvalue weighted by molar-refractivity contribution is 5.83. The summed E-state index contributed by atoms with van der Waals surface area (Å²) in [5.74, 6) is -1.55. The number of hydrogen-bond acceptors (Lipinski definition) is 4. The van der Waals surface area contributed by atoms with Gasteiger partial charge in [-0.3, -0.25) is 14.4 Å². The third kappa shape index (κ3) is 8.55. The second kappa shape index (κ2) is 8.49. The van der Waals surface area contributed by atoms with Gasteiger partial charge in [0, 0.05) is 19.9 Å². The molecule has 0 aromatic heterocycles. The Balaban J connectivity index is 4.12. The number of rotatable bonds is 8. The smallest absolute Gasteiger partial charge is 0.303 e. The molecule has 0 aliphatic rings. The second-order valence-corrected chi connectivity index (χ2v) is 4.52. The van der Waals surface area contributed by atoms with Crippen LogP contribution < -0.4 is 5.32 Å². The van der Waals surface area contributed by atoms with Crippen LogP contribution in [0.15, 0.2) is 0 Å². The van der Waals surface area contributed by atoms with Gasteiger partial charge >= 0.3 is 11.9 Å². The van der Waals surface area contributed by atoms with Gasteiger partial charge in [-0.2, -0.15) is 0 Å². The van der Waals surface area contributed by atoms with E-state index in [1.807, 2.05) is 13.8 Å². The van der Waals surface area contributed by atoms with Crippen molar-refractivity contribution in [3.8, 4) is 0 Å². The predicted octanol–water partition coefficient (Wildman–Crippen LogP) is 0.945. The van der Waals surface area contributed by atoms with Gasteiger partial charge < -0.3 is 15.2 Å². The van der Waals surface area contributed by atoms with Crippen LogP contribution >= 0.6 is 0 Å². The molecule has 0 aliphatic heterocycles. The van der Waals surface area contributed by atoms with E-state index >= 15 is 0 Å². The number of carbonyl (C=O) groups excluding carboxylic acids is 2. The van der Waals surface area contributed by atoms with Gasteiger partial charge in [-0.15, -0.1) is 0 Å². The van der Waals surface area contributed by atoms with Gasteiger partial charge in [0.15, 0.2) is 6.10 Å². The Kier molecular flexibility index (Phi) is 7.74. The van der Waals surface area contributed by atoms with E-state index in [9.17, 15) is 14.4 Å². The molecular formula is C12H21NO5. The highest BCUT2D eigenvalue weighted by Crippen LogP contribution is 2.09. The first-order valence-electron chi connectivity index (χ1n) is 5.99. The molecule has 0 bridgehead atoms. The van der Waals surface area contributed by atoms with Crippen LogP contribution in [0.2, 0.25) is 0 Å². The van der Waals surface area contributed by atoms with Crippen molar-refractivity contribution in [1.82, 2.24) is 5.32 Å². The molecule has 0 spiro atoms. The van der Waals surface area contributed by atoms with Gasteiger partial charge in [0.1, 0.15) is 0 Å². The highest BCUT2D eigenvalue weighted by atomic mass is 16.5. The summed E-state index contributed by atoms with van der Waals surface area (Å²) >= 11 is 0. The molecule has 1 atom stereocenters. The summed E-state index contributed by atoms with van der Waals surface area (Å²) in [6, 6.07) is 0. The molecular weight excluding hydrogens is 238 g/mol. The van der Waals surface area contributed by atoms with Gasteiger partial charge in [-0.1, -0.05) is 13.8 Å². The Morgan fingerprint density at radius 3 is 2.33 bits per heavy atom. The van der Waals surface area contributed by atoms with Gasteiger partial charge in [-0.25, -0.2) is 0 Å². The fourth-order valence-electron chi connectivity index (χ4n) is 1.40. The number of ether oxygens (including phenoxy) is 1. The molecule has 6 heteroatoms. The molecule has 6 nitrogen and oxygen atoms in total. The normalized spacial score (nSPS) is 12.0. The Labute approximate surface area is 107 Å². The Bertz CT molecular complexity index is 301. The number of carbonyl (C=O) groups is 3. The SMILES string of the molecule is CC(=O)O[C@@H](CC(C)C)C(=O)NCCCC(=O)O. The van der Waals surface area contributed by atoms with Crippen LogP contribution in [0.25, 0.3) is 0 Å². The van der Waals surface area contributed by atoms with E-state index in [0.29, 0.717) is 12.8 Å². The topological polar surface area (TPSA) is 92.7 Å². The summed E-state index contributed by atoms with van der Waals surface area (Å²) in [5.41, 5.74) is 0. The van der Waals surface area contributed by atoms with Crippen LogP contribution in [0.3, 0.4) is 0 Å². The zero-order valence-electron chi connectivity index (χ0n) is 11.1. The van der Waals surface area contributed by atoms with E-state index in [0.717, 1.165) is 0 Å². The van der Waals surface area contributed by atoms with Crippen LogP contribution in [0.5, 0.6) is 0 Å². The lowest BCUT2D eigenvalue weighted by atomic mass is 10.1. The van der Waals surface area contributed by atoms with E-state index in [-0.39, 0.29) is 24.8 Å². The number of carboxylic acid groups (broad SMARTS) is 1. The second-order valence-electron chi connectivity index (χ2n) is 4.52. The van der Waals surface area contributed by atoms with E-state index in [4.69, 9.17) is 9.84 Å². The average Bonchev–Trinajstić information content (AvgIpc) is 2.21. The standard InChI is InChI=1S/C12H21NO5/c1-8(2)7-10(18-9(3)14)12(17)13-6-4-5-11(15)16/h8,10H,4-7H2,1-3H3,(H,13,17)(H,15,16)/t10-/m0/s1. The third-order valence-corrected chi connectivity index (χ3v) is 2.15. The van der Waals surface area contributed by atoms with Crippen molar-refractivity contribution < 1.29 is 24.2 Å². The quantitative estimate of drug-likeness (QED) is 0.500. The number of esters is 1. The fraction of sp³-hybridized carbons (Fsp3) is 0.750. The number of aliphatic carboxylic acids is 1. The molecule has 1 amide bonds. The molecule has 0 aromatic carbocycles. The summed E-state index contributed by atoms with van der Waals surface area (Å²) < 4.78 is 4.93. The van der Waals surface area contributed by atoms with Crippen LogP contribution in [-0.4, -0.2) is 35.6 Å². The summed E-state index contributed by atoms with van der Waals surface area (Å²) in [7, 11) is 0. The zero-order chi connectivity index (χ0) is 14.1. The number of carboxylic acids is 1. The lowest BCUT2D eigenvalue weighted by Gasteiger charge is -2.18. The monoisotopic (exact) mass is 259 g/mol. The fourth-order valence-corrected chi connectivity index (χ4v) is 1.40. The molecule has 0 aliphatic carbocycles. The van der Waals surface area contributed by atoms with Crippen LogP contribution in [0.4, 0.5) is 0 Å². The largest absolute Gasteiger partial charge is 0.481 e. The first kappa shape index (κ1) is 16.4. The molecule has 18 heavy (non-hydrogen) atoms. The van der Waals surface area contributed by atoms with Gasteiger partial charge in [0.2, 0.25) is 0 Å². The molecule has 0 radical (unpaired) electrons.